The zero-order chi connectivity index (χ0) is 10.1. The van der Waals surface area contributed by atoms with Crippen molar-refractivity contribution < 1.29 is 4.42 Å². The van der Waals surface area contributed by atoms with Gasteiger partial charge in [-0.2, -0.15) is 5.10 Å². The molecule has 0 spiro atoms. The highest BCUT2D eigenvalue weighted by Gasteiger charge is 2.29. The Morgan fingerprint density at radius 1 is 1.47 bits per heavy atom. The molecule has 3 rings (SSSR count). The monoisotopic (exact) mass is 205 g/mol. The molecule has 78 valence electrons. The van der Waals surface area contributed by atoms with Gasteiger partial charge in [0.1, 0.15) is 0 Å². The maximum absolute atomic E-state index is 5.44. The molecule has 0 atom stereocenters. The summed E-state index contributed by atoms with van der Waals surface area (Å²) in [4.78, 5) is 0. The van der Waals surface area contributed by atoms with Crippen LogP contribution in [-0.4, -0.2) is 20.4 Å². The lowest BCUT2D eigenvalue weighted by Gasteiger charge is -1.96. The molecule has 1 saturated carbocycles. The molecule has 0 bridgehead atoms. The first-order valence-corrected chi connectivity index (χ1v) is 4.97. The molecule has 6 nitrogen and oxygen atoms in total. The van der Waals surface area contributed by atoms with Crippen molar-refractivity contribution in [3.8, 4) is 0 Å². The van der Waals surface area contributed by atoms with Crippen LogP contribution < -0.4 is 5.32 Å². The molecule has 2 aromatic heterocycles. The van der Waals surface area contributed by atoms with Gasteiger partial charge in [0, 0.05) is 12.1 Å². The summed E-state index contributed by atoms with van der Waals surface area (Å²) in [6.07, 6.45) is 4.05. The van der Waals surface area contributed by atoms with Crippen molar-refractivity contribution in [1.82, 2.24) is 20.4 Å². The van der Waals surface area contributed by atoms with E-state index in [1.54, 1.807) is 6.20 Å². The molecule has 0 saturated heterocycles. The third-order valence-electron chi connectivity index (χ3n) is 2.36. The van der Waals surface area contributed by atoms with Gasteiger partial charge in [0.25, 0.3) is 0 Å². The average Bonchev–Trinajstić information content (AvgIpc) is 2.82. The van der Waals surface area contributed by atoms with E-state index in [1.807, 2.05) is 6.07 Å². The van der Waals surface area contributed by atoms with Crippen LogP contribution in [0.3, 0.4) is 0 Å². The topological polar surface area (TPSA) is 79.6 Å². The van der Waals surface area contributed by atoms with Crippen molar-refractivity contribution in [3.63, 3.8) is 0 Å². The fraction of sp³-hybridized carbons (Fsp3) is 0.444. The molecule has 2 N–H and O–H groups in total. The molecular weight excluding hydrogens is 194 g/mol. The summed E-state index contributed by atoms with van der Waals surface area (Å²) in [5.41, 5.74) is 0.987. The molecule has 1 fully saturated rings. The number of rotatable bonds is 4. The van der Waals surface area contributed by atoms with E-state index in [-0.39, 0.29) is 0 Å². The zero-order valence-corrected chi connectivity index (χ0v) is 8.10. The van der Waals surface area contributed by atoms with Gasteiger partial charge in [0.15, 0.2) is 0 Å². The maximum Gasteiger partial charge on any atom is 0.315 e. The number of hydrogen-bond acceptors (Lipinski definition) is 5. The fourth-order valence-corrected chi connectivity index (χ4v) is 1.36. The van der Waals surface area contributed by atoms with Gasteiger partial charge < -0.3 is 9.73 Å². The van der Waals surface area contributed by atoms with Crippen molar-refractivity contribution in [2.75, 3.05) is 5.32 Å². The molecule has 0 radical (unpaired) electrons. The molecule has 0 amide bonds. The molecule has 0 aliphatic heterocycles. The van der Waals surface area contributed by atoms with Gasteiger partial charge in [0.05, 0.1) is 12.2 Å². The molecule has 1 aliphatic carbocycles. The second kappa shape index (κ2) is 3.38. The van der Waals surface area contributed by atoms with Crippen LogP contribution in [-0.2, 0) is 6.54 Å². The first kappa shape index (κ1) is 8.46. The molecule has 2 aromatic rings. The Bertz CT molecular complexity index is 431. The fourth-order valence-electron chi connectivity index (χ4n) is 1.36. The van der Waals surface area contributed by atoms with Crippen molar-refractivity contribution in [2.45, 2.75) is 25.3 Å². The van der Waals surface area contributed by atoms with Gasteiger partial charge in [-0.1, -0.05) is 5.10 Å². The number of H-pyrrole nitrogens is 1. The van der Waals surface area contributed by atoms with Gasteiger partial charge in [-0.25, -0.2) is 0 Å². The second-order valence-corrected chi connectivity index (χ2v) is 3.66. The number of nitrogens with one attached hydrogen (secondary N) is 2. The maximum atomic E-state index is 5.44. The van der Waals surface area contributed by atoms with E-state index < -0.39 is 0 Å². The van der Waals surface area contributed by atoms with Crippen molar-refractivity contribution in [2.24, 2.45) is 0 Å². The molecule has 2 heterocycles. The highest BCUT2D eigenvalue weighted by Crippen LogP contribution is 2.39. The average molecular weight is 205 g/mol. The van der Waals surface area contributed by atoms with Crippen molar-refractivity contribution >= 4 is 6.01 Å². The van der Waals surface area contributed by atoms with Crippen molar-refractivity contribution in [3.05, 3.63) is 23.8 Å². The van der Waals surface area contributed by atoms with E-state index in [9.17, 15) is 0 Å². The Labute approximate surface area is 86.1 Å². The highest BCUT2D eigenvalue weighted by molar-refractivity contribution is 5.20. The number of aromatic nitrogens is 4. The summed E-state index contributed by atoms with van der Waals surface area (Å²) in [6.45, 7) is 0.617. The summed E-state index contributed by atoms with van der Waals surface area (Å²) in [5, 5.41) is 17.6. The molecule has 1 aliphatic rings. The third kappa shape index (κ3) is 1.83. The SMILES string of the molecule is c1cc(CNc2nnc(C3CC3)o2)[nH]n1. The minimum atomic E-state index is 0.478. The Balaban J connectivity index is 1.61. The largest absolute Gasteiger partial charge is 0.408 e. The van der Waals surface area contributed by atoms with E-state index in [0.29, 0.717) is 18.5 Å². The summed E-state index contributed by atoms with van der Waals surface area (Å²) >= 11 is 0. The van der Waals surface area contributed by atoms with E-state index in [2.05, 4.69) is 25.7 Å². The Morgan fingerprint density at radius 2 is 2.40 bits per heavy atom. The summed E-state index contributed by atoms with van der Waals surface area (Å²) in [5.74, 6) is 1.25. The van der Waals surface area contributed by atoms with Gasteiger partial charge in [-0.3, -0.25) is 5.10 Å². The highest BCUT2D eigenvalue weighted by atomic mass is 16.4. The molecule has 0 unspecified atom stereocenters. The number of aromatic amines is 1. The normalized spacial score (nSPS) is 15.5. The van der Waals surface area contributed by atoms with E-state index in [0.717, 1.165) is 11.6 Å². The van der Waals surface area contributed by atoms with Crippen LogP contribution >= 0.6 is 0 Å². The smallest absolute Gasteiger partial charge is 0.315 e. The molecule has 0 aromatic carbocycles. The minimum absolute atomic E-state index is 0.478. The first-order valence-electron chi connectivity index (χ1n) is 4.97. The predicted octanol–water partition coefficient (Wildman–Crippen LogP) is 1.28. The minimum Gasteiger partial charge on any atom is -0.408 e. The lowest BCUT2D eigenvalue weighted by atomic mass is 10.4. The van der Waals surface area contributed by atoms with Crippen LogP contribution in [0, 0.1) is 0 Å². The molecule has 15 heavy (non-hydrogen) atoms. The standard InChI is InChI=1S/C9H11N5O/c1-2-6(1)8-13-14-9(15-8)10-5-7-3-4-11-12-7/h3-4,6H,1-2,5H2,(H,10,14)(H,11,12). The number of nitrogens with zero attached hydrogens (tertiary/aromatic N) is 3. The van der Waals surface area contributed by atoms with Crippen LogP contribution in [0.2, 0.25) is 0 Å². The van der Waals surface area contributed by atoms with Crippen molar-refractivity contribution in [1.29, 1.82) is 0 Å². The predicted molar refractivity (Wildman–Crippen MR) is 52.2 cm³/mol. The molecule has 6 heteroatoms. The Kier molecular flexibility index (Phi) is 1.90. The lowest BCUT2D eigenvalue weighted by molar-refractivity contribution is 0.506. The summed E-state index contributed by atoms with van der Waals surface area (Å²) in [6, 6.07) is 2.37. The number of hydrogen-bond donors (Lipinski definition) is 2. The van der Waals surface area contributed by atoms with Crippen LogP contribution in [0.4, 0.5) is 6.01 Å². The van der Waals surface area contributed by atoms with Gasteiger partial charge in [-0.05, 0) is 18.9 Å². The summed E-state index contributed by atoms with van der Waals surface area (Å²) < 4.78 is 5.44. The van der Waals surface area contributed by atoms with Crippen LogP contribution in [0.1, 0.15) is 30.3 Å². The van der Waals surface area contributed by atoms with Crippen LogP contribution in [0.15, 0.2) is 16.7 Å². The van der Waals surface area contributed by atoms with E-state index in [1.165, 1.54) is 12.8 Å². The molecular formula is C9H11N5O. The van der Waals surface area contributed by atoms with E-state index in [4.69, 9.17) is 4.42 Å². The number of anilines is 1. The van der Waals surface area contributed by atoms with Crippen LogP contribution in [0.5, 0.6) is 0 Å². The lowest BCUT2D eigenvalue weighted by Crippen LogP contribution is -1.99. The zero-order valence-electron chi connectivity index (χ0n) is 8.10. The quantitative estimate of drug-likeness (QED) is 0.786. The first-order chi connectivity index (χ1) is 7.42. The Hall–Kier alpha value is -1.85. The van der Waals surface area contributed by atoms with E-state index >= 15 is 0 Å². The van der Waals surface area contributed by atoms with Crippen LogP contribution in [0.25, 0.3) is 0 Å². The summed E-state index contributed by atoms with van der Waals surface area (Å²) in [7, 11) is 0. The van der Waals surface area contributed by atoms with Gasteiger partial charge >= 0.3 is 6.01 Å². The Morgan fingerprint density at radius 3 is 3.13 bits per heavy atom. The second-order valence-electron chi connectivity index (χ2n) is 3.66. The third-order valence-corrected chi connectivity index (χ3v) is 2.36. The van der Waals surface area contributed by atoms with Gasteiger partial charge in [-0.15, -0.1) is 5.10 Å². The van der Waals surface area contributed by atoms with Gasteiger partial charge in [0.2, 0.25) is 5.89 Å².